The van der Waals surface area contributed by atoms with E-state index in [1.165, 1.54) is 11.8 Å². The number of carbonyl (C=O) groups is 3. The summed E-state index contributed by atoms with van der Waals surface area (Å²) in [6, 6.07) is 8.27. The number of carboxylic acids is 1. The van der Waals surface area contributed by atoms with Crippen LogP contribution in [-0.4, -0.2) is 33.3 Å². The molecule has 3 N–H and O–H groups in total. The topological polar surface area (TPSA) is 122 Å². The number of hydrogen-bond acceptors (Lipinski definition) is 6. The number of thioether (sulfide) groups is 1. The quantitative estimate of drug-likeness (QED) is 0.149. The molecule has 0 radical (unpaired) electrons. The van der Waals surface area contributed by atoms with Gasteiger partial charge >= 0.3 is 5.97 Å². The Bertz CT molecular complexity index is 1310. The molecule has 1 atom stereocenters. The van der Waals surface area contributed by atoms with E-state index in [1.54, 1.807) is 37.3 Å². The fourth-order valence-corrected chi connectivity index (χ4v) is 5.04. The largest absolute Gasteiger partial charge is 0.478 e. The minimum atomic E-state index is -1.50. The molecule has 0 saturated heterocycles. The maximum absolute atomic E-state index is 13.0. The summed E-state index contributed by atoms with van der Waals surface area (Å²) in [7, 11) is 0. The highest BCUT2D eigenvalue weighted by atomic mass is 35.5. The van der Waals surface area contributed by atoms with Crippen LogP contribution >= 0.6 is 58.2 Å². The Morgan fingerprint density at radius 1 is 1.03 bits per heavy atom. The highest BCUT2D eigenvalue weighted by molar-refractivity contribution is 8.00. The van der Waals surface area contributed by atoms with Crippen LogP contribution in [0.5, 0.6) is 0 Å². The Balaban J connectivity index is 1.81. The molecule has 1 aromatic heterocycles. The van der Waals surface area contributed by atoms with Crippen LogP contribution in [0.2, 0.25) is 20.1 Å². The SMILES string of the molecule is CCC(Sc1cccc(NC(=O)c2c(Cl)c(Cl)c(Cl)c(Cl)c2C(=O)O)c1)C(=O)Nc1cc(C)on1. The number of nitrogens with zero attached hydrogens (tertiary/aromatic N) is 1. The summed E-state index contributed by atoms with van der Waals surface area (Å²) < 4.78 is 4.96. The lowest BCUT2D eigenvalue weighted by molar-refractivity contribution is -0.115. The Morgan fingerprint density at radius 2 is 1.69 bits per heavy atom. The van der Waals surface area contributed by atoms with Gasteiger partial charge in [0.05, 0.1) is 36.5 Å². The van der Waals surface area contributed by atoms with Crippen molar-refractivity contribution in [2.24, 2.45) is 0 Å². The van der Waals surface area contributed by atoms with Crippen LogP contribution in [-0.2, 0) is 4.79 Å². The van der Waals surface area contributed by atoms with Crippen LogP contribution in [0.15, 0.2) is 39.8 Å². The van der Waals surface area contributed by atoms with Crippen LogP contribution in [0.3, 0.4) is 0 Å². The van der Waals surface area contributed by atoms with E-state index < -0.39 is 33.3 Å². The molecule has 1 heterocycles. The smallest absolute Gasteiger partial charge is 0.338 e. The number of carbonyl (C=O) groups excluding carboxylic acids is 2. The summed E-state index contributed by atoms with van der Waals surface area (Å²) >= 11 is 25.4. The first-order valence-electron chi connectivity index (χ1n) is 9.94. The number of hydrogen-bond donors (Lipinski definition) is 3. The molecule has 0 aliphatic rings. The molecule has 3 aromatic rings. The summed E-state index contributed by atoms with van der Waals surface area (Å²) in [5.74, 6) is -1.72. The van der Waals surface area contributed by atoms with Crippen molar-refractivity contribution in [1.29, 1.82) is 0 Å². The molecule has 1 unspecified atom stereocenters. The molecule has 0 fully saturated rings. The molecule has 0 spiro atoms. The van der Waals surface area contributed by atoms with Crippen LogP contribution in [0.25, 0.3) is 0 Å². The van der Waals surface area contributed by atoms with E-state index in [-0.39, 0.29) is 21.0 Å². The second-order valence-electron chi connectivity index (χ2n) is 7.12. The molecule has 0 aliphatic heterocycles. The average molecular weight is 577 g/mol. The van der Waals surface area contributed by atoms with Crippen molar-refractivity contribution in [3.63, 3.8) is 0 Å². The Morgan fingerprint density at radius 3 is 2.26 bits per heavy atom. The van der Waals surface area contributed by atoms with Gasteiger partial charge in [-0.05, 0) is 31.5 Å². The summed E-state index contributed by atoms with van der Waals surface area (Å²) in [6.07, 6.45) is 0.517. The summed E-state index contributed by atoms with van der Waals surface area (Å²) in [4.78, 5) is 38.0. The van der Waals surface area contributed by atoms with Crippen LogP contribution in [0.1, 0.15) is 39.8 Å². The van der Waals surface area contributed by atoms with Gasteiger partial charge in [-0.3, -0.25) is 9.59 Å². The van der Waals surface area contributed by atoms with Gasteiger partial charge < -0.3 is 20.3 Å². The minimum Gasteiger partial charge on any atom is -0.478 e. The minimum absolute atomic E-state index is 0.239. The van der Waals surface area contributed by atoms with Gasteiger partial charge in [0.1, 0.15) is 5.76 Å². The Hall–Kier alpha value is -2.43. The predicted molar refractivity (Wildman–Crippen MR) is 138 cm³/mol. The number of aryl methyl sites for hydroxylation is 1. The van der Waals surface area contributed by atoms with Gasteiger partial charge in [0, 0.05) is 16.6 Å². The molecule has 2 aromatic carbocycles. The fourth-order valence-electron chi connectivity index (χ4n) is 3.01. The number of anilines is 2. The van der Waals surface area contributed by atoms with Crippen LogP contribution < -0.4 is 10.6 Å². The first-order valence-corrected chi connectivity index (χ1v) is 12.3. The summed E-state index contributed by atoms with van der Waals surface area (Å²) in [6.45, 7) is 3.58. The lowest BCUT2D eigenvalue weighted by Gasteiger charge is -2.16. The molecule has 0 aliphatic carbocycles. The molecule has 0 bridgehead atoms. The van der Waals surface area contributed by atoms with E-state index in [4.69, 9.17) is 50.9 Å². The second kappa shape index (κ2) is 11.5. The third-order valence-corrected chi connectivity index (χ3v) is 7.78. The number of carboxylic acid groups (broad SMARTS) is 1. The first kappa shape index (κ1) is 27.2. The zero-order valence-electron chi connectivity index (χ0n) is 18.1. The lowest BCUT2D eigenvalue weighted by atomic mass is 10.1. The Kier molecular flexibility index (Phi) is 8.95. The third kappa shape index (κ3) is 6.23. The fraction of sp³-hybridized carbons (Fsp3) is 0.182. The van der Waals surface area contributed by atoms with E-state index >= 15 is 0 Å². The molecular formula is C22H17Cl4N3O5S. The first-order chi connectivity index (χ1) is 16.5. The maximum atomic E-state index is 13.0. The van der Waals surface area contributed by atoms with Crippen molar-refractivity contribution in [2.45, 2.75) is 30.4 Å². The van der Waals surface area contributed by atoms with Crippen molar-refractivity contribution in [3.8, 4) is 0 Å². The van der Waals surface area contributed by atoms with Crippen molar-refractivity contribution >= 4 is 87.5 Å². The maximum Gasteiger partial charge on any atom is 0.338 e. The number of nitrogens with one attached hydrogen (secondary N) is 2. The van der Waals surface area contributed by atoms with E-state index in [2.05, 4.69) is 15.8 Å². The van der Waals surface area contributed by atoms with Gasteiger partial charge in [-0.15, -0.1) is 11.8 Å². The van der Waals surface area contributed by atoms with E-state index in [1.807, 2.05) is 6.92 Å². The highest BCUT2D eigenvalue weighted by Gasteiger charge is 2.29. The van der Waals surface area contributed by atoms with Gasteiger partial charge in [0.2, 0.25) is 5.91 Å². The normalized spacial score (nSPS) is 11.7. The second-order valence-corrected chi connectivity index (χ2v) is 9.91. The number of benzene rings is 2. The monoisotopic (exact) mass is 575 g/mol. The average Bonchev–Trinajstić information content (AvgIpc) is 3.22. The van der Waals surface area contributed by atoms with Crippen molar-refractivity contribution < 1.29 is 24.0 Å². The molecule has 35 heavy (non-hydrogen) atoms. The highest BCUT2D eigenvalue weighted by Crippen LogP contribution is 2.42. The van der Waals surface area contributed by atoms with Gasteiger partial charge in [0.15, 0.2) is 5.82 Å². The van der Waals surface area contributed by atoms with Crippen LogP contribution in [0, 0.1) is 6.92 Å². The van der Waals surface area contributed by atoms with Gasteiger partial charge in [0.25, 0.3) is 5.91 Å². The Labute approximate surface area is 224 Å². The van der Waals surface area contributed by atoms with E-state index in [0.29, 0.717) is 28.6 Å². The molecule has 3 rings (SSSR count). The van der Waals surface area contributed by atoms with Gasteiger partial charge in [-0.25, -0.2) is 4.79 Å². The van der Waals surface area contributed by atoms with E-state index in [0.717, 1.165) is 0 Å². The predicted octanol–water partition coefficient (Wildman–Crippen LogP) is 7.06. The number of aromatic nitrogens is 1. The standard InChI is InChI=1S/C22H17Cl4N3O5S/c1-3-12(20(30)28-13-7-9(2)34-29-13)35-11-6-4-5-10(8-11)27-21(31)14-15(22(32)33)17(24)19(26)18(25)16(14)23/h4-8,12H,3H2,1-2H3,(H,27,31)(H,32,33)(H,28,29,30). The summed E-state index contributed by atoms with van der Waals surface area (Å²) in [5, 5.41) is 16.9. The lowest BCUT2D eigenvalue weighted by Crippen LogP contribution is -2.24. The van der Waals surface area contributed by atoms with Gasteiger partial charge in [-0.1, -0.05) is 64.6 Å². The third-order valence-electron chi connectivity index (χ3n) is 4.62. The zero-order valence-corrected chi connectivity index (χ0v) is 22.0. The van der Waals surface area contributed by atoms with Crippen molar-refractivity contribution in [3.05, 3.63) is 67.3 Å². The number of aromatic carboxylic acids is 1. The van der Waals surface area contributed by atoms with E-state index in [9.17, 15) is 19.5 Å². The number of rotatable bonds is 8. The zero-order chi connectivity index (χ0) is 25.9. The molecule has 184 valence electrons. The number of amides is 2. The van der Waals surface area contributed by atoms with Crippen molar-refractivity contribution in [2.75, 3.05) is 10.6 Å². The van der Waals surface area contributed by atoms with Gasteiger partial charge in [-0.2, -0.15) is 0 Å². The molecule has 13 heteroatoms. The molecule has 8 nitrogen and oxygen atoms in total. The summed E-state index contributed by atoms with van der Waals surface area (Å²) in [5.41, 5.74) is -0.665. The molecular weight excluding hydrogens is 560 g/mol. The molecule has 0 saturated carbocycles. The molecule has 2 amide bonds. The number of halogens is 4. The van der Waals surface area contributed by atoms with Crippen molar-refractivity contribution in [1.82, 2.24) is 5.16 Å². The van der Waals surface area contributed by atoms with Crippen LogP contribution in [0.4, 0.5) is 11.5 Å².